The van der Waals surface area contributed by atoms with Crippen LogP contribution in [-0.2, 0) is 9.47 Å². The summed E-state index contributed by atoms with van der Waals surface area (Å²) in [7, 11) is 90.4. The largest absolute Gasteiger partial charge is 0.381 e. The summed E-state index contributed by atoms with van der Waals surface area (Å²) < 4.78 is 11.2. The predicted octanol–water partition coefficient (Wildman–Crippen LogP) is 35.5. The van der Waals surface area contributed by atoms with Gasteiger partial charge in [-0.2, -0.15) is 0 Å². The molecule has 0 amide bonds. The fourth-order valence-electron chi connectivity index (χ4n) is 6.56. The Morgan fingerprint density at radius 3 is 0.941 bits per heavy atom. The van der Waals surface area contributed by atoms with Gasteiger partial charge in [-0.1, -0.05) is 23.2 Å². The third-order valence-electron chi connectivity index (χ3n) is 9.73. The van der Waals surface area contributed by atoms with E-state index in [2.05, 4.69) is 273 Å². The highest BCUT2D eigenvalue weighted by atomic mass is 79.9. The van der Waals surface area contributed by atoms with Gasteiger partial charge >= 0.3 is 0 Å². The first-order chi connectivity index (χ1) is 39.8. The Morgan fingerprint density at radius 2 is 0.635 bits per heavy atom. The highest BCUT2D eigenvalue weighted by Gasteiger charge is 2.58. The standard InChI is InChI=1S/C12H12ClN3O.C8H4BrClN2.C5H10O.H52P50/c13-11-7-9-1-2-12(15-10(9)8-14-11)16-3-5-17-6-4-16;9-7-2-1-5-3-8(10)11-4-6(5)12-7;1-2-4-6-5-3-1;1-27(2)40(28(3)4)46(39(25)26)49(45(37(21)22)38(23)24)50(47(41(29(5)6)30(7)8)42(31(9)10)32(11)12)48(43(33(13)14)34(15)16)44(35(17)18)36(19)20/h1-2,7-8H,3-6H2;1-4H;1-5H2;1-26H2. The summed E-state index contributed by atoms with van der Waals surface area (Å²) in [5.41, 5.74) is 1.71. The minimum absolute atomic E-state index is 0.0977. The average molecular weight is 2180 g/mol. The van der Waals surface area contributed by atoms with E-state index < -0.39 is 0 Å². The molecule has 60 heteroatoms. The van der Waals surface area contributed by atoms with Gasteiger partial charge in [-0.05, 0) is 239 Å². The molecule has 0 spiro atoms. The molecule has 2 aliphatic heterocycles. The van der Waals surface area contributed by atoms with Crippen molar-refractivity contribution in [1.82, 2.24) is 19.9 Å². The van der Waals surface area contributed by atoms with E-state index in [9.17, 15) is 0 Å². The topological polar surface area (TPSA) is 73.3 Å². The molecule has 0 N–H and O–H groups in total. The summed E-state index contributed by atoms with van der Waals surface area (Å²) in [6.45, 7) is 1.33. The summed E-state index contributed by atoms with van der Waals surface area (Å²) in [4.78, 5) is 19.0. The fourth-order valence-corrected chi connectivity index (χ4v) is 718. The molecule has 6 rings (SSSR count). The summed E-state index contributed by atoms with van der Waals surface area (Å²) in [5.74, 6) is 0.977. The predicted molar refractivity (Wildman–Crippen MR) is 563 cm³/mol. The van der Waals surface area contributed by atoms with Crippen LogP contribution < -0.4 is 4.90 Å². The van der Waals surface area contributed by atoms with E-state index in [0.717, 1.165) is 71.7 Å². The number of ether oxygens (including phenoxy) is 2. The molecular weight excluding hydrogens is 2100 g/mol. The molecule has 28 atom stereocenters. The van der Waals surface area contributed by atoms with Gasteiger partial charge in [0.15, 0.2) is 0 Å². The lowest BCUT2D eigenvalue weighted by molar-refractivity contribution is 0.0968. The van der Waals surface area contributed by atoms with Crippen molar-refractivity contribution in [1.29, 1.82) is 0 Å². The quantitative estimate of drug-likeness (QED) is 0.0511. The summed E-state index contributed by atoms with van der Waals surface area (Å²) >= 11 is 14.8. The van der Waals surface area contributed by atoms with Crippen LogP contribution in [-0.4, -0.2) is 59.5 Å². The second-order valence-corrected chi connectivity index (χ2v) is 223. The lowest BCUT2D eigenvalue weighted by atomic mass is 10.2. The van der Waals surface area contributed by atoms with E-state index in [1.165, 1.54) is 19.3 Å². The van der Waals surface area contributed by atoms with E-state index in [1.54, 1.807) is 18.5 Å². The number of hydrogen-bond donors (Lipinski definition) is 0. The molecule has 0 bridgehead atoms. The molecule has 2 saturated heterocycles. The Morgan fingerprint density at radius 1 is 0.353 bits per heavy atom. The van der Waals surface area contributed by atoms with Crippen molar-refractivity contribution in [2.24, 2.45) is 0 Å². The van der Waals surface area contributed by atoms with E-state index in [0.29, 0.717) is 10.3 Å². The van der Waals surface area contributed by atoms with Gasteiger partial charge in [0.1, 0.15) is 20.7 Å². The SMILES string of the molecule is C1CCOCC1.Clc1cc2ccc(Br)nc2cn1.Clc1cc2ccc(N3CCOCC3)nc2cn1.PP(P)P(P(P)P)P(P(P)P)P(P(P(P)P)P(P)P)P(P(P(P(P)P)P(P)P)P(P(P)P)P(P)P)P(P(P(P)P)P(P)P)P(P(P)P)P(P)P. The van der Waals surface area contributed by atoms with Crippen LogP contribution in [0.25, 0.3) is 21.8 Å². The van der Waals surface area contributed by atoms with E-state index >= 15 is 0 Å². The second-order valence-electron chi connectivity index (χ2n) is 15.9. The van der Waals surface area contributed by atoms with Gasteiger partial charge in [0.2, 0.25) is 0 Å². The van der Waals surface area contributed by atoms with Crippen LogP contribution in [0.15, 0.2) is 53.4 Å². The van der Waals surface area contributed by atoms with Crippen LogP contribution in [0, 0.1) is 0 Å². The van der Waals surface area contributed by atoms with Crippen molar-refractivity contribution < 1.29 is 9.47 Å². The molecular formula is C25H78BrCl2N5O2P50. The van der Waals surface area contributed by atoms with E-state index in [4.69, 9.17) is 32.7 Å². The average Bonchev–Trinajstić information content (AvgIpc) is 1.69. The Labute approximate surface area is 615 Å². The smallest absolute Gasteiger partial charge is 0.129 e. The highest BCUT2D eigenvalue weighted by molar-refractivity contribution is 9.52. The zero-order valence-electron chi connectivity index (χ0n) is 44.9. The maximum atomic E-state index is 5.84. The first-order valence-corrected chi connectivity index (χ1v) is 115. The summed E-state index contributed by atoms with van der Waals surface area (Å²) in [6.07, 6.45) is 7.30. The molecule has 6 heterocycles. The van der Waals surface area contributed by atoms with Crippen molar-refractivity contribution >= 4 is 467 Å². The van der Waals surface area contributed by atoms with Gasteiger partial charge in [0, 0.05) is 37.1 Å². The first-order valence-electron chi connectivity index (χ1n) is 22.8. The van der Waals surface area contributed by atoms with E-state index in [1.807, 2.05) is 30.3 Å². The van der Waals surface area contributed by atoms with Crippen molar-refractivity contribution in [3.63, 3.8) is 0 Å². The van der Waals surface area contributed by atoms with Crippen molar-refractivity contribution in [2.45, 2.75) is 19.3 Å². The Hall–Kier alpha value is 19.4. The maximum absolute atomic E-state index is 5.84. The van der Waals surface area contributed by atoms with Crippen LogP contribution in [0.4, 0.5) is 5.82 Å². The number of anilines is 1. The number of morpholine rings is 1. The molecule has 4 aromatic heterocycles. The van der Waals surface area contributed by atoms with Gasteiger partial charge in [-0.3, -0.25) is 0 Å². The minimum atomic E-state index is -0.212. The first kappa shape index (κ1) is 98.6. The normalized spacial score (nSPS) is 15.6. The van der Waals surface area contributed by atoms with Gasteiger partial charge in [0.25, 0.3) is 0 Å². The molecule has 486 valence electrons. The zero-order chi connectivity index (χ0) is 64.3. The van der Waals surface area contributed by atoms with Crippen LogP contribution >= 0.6 is 439 Å². The maximum Gasteiger partial charge on any atom is 0.129 e. The fraction of sp³-hybridized carbons (Fsp3) is 0.360. The molecule has 0 radical (unpaired) electrons. The van der Waals surface area contributed by atoms with E-state index in [-0.39, 0.29) is 168 Å². The Bertz CT molecular complexity index is 2350. The summed E-state index contributed by atoms with van der Waals surface area (Å²) in [6, 6.07) is 11.5. The molecule has 2 aliphatic rings. The monoisotopic (exact) mass is 2180 g/mol. The van der Waals surface area contributed by atoms with Gasteiger partial charge in [-0.15, -0.1) is 232 Å². The van der Waals surface area contributed by atoms with Crippen molar-refractivity contribution in [3.8, 4) is 0 Å². The van der Waals surface area contributed by atoms with Crippen molar-refractivity contribution in [2.75, 3.05) is 44.4 Å². The Balaban J connectivity index is 0.000000421. The third kappa shape index (κ3) is 35.4. The number of halogens is 3. The minimum Gasteiger partial charge on any atom is -0.381 e. The number of aromatic nitrogens is 4. The number of rotatable bonds is 24. The van der Waals surface area contributed by atoms with Gasteiger partial charge in [0.05, 0.1) is 36.6 Å². The highest BCUT2D eigenvalue weighted by Crippen LogP contribution is 3.46. The molecule has 0 saturated carbocycles. The van der Waals surface area contributed by atoms with Crippen LogP contribution in [0.5, 0.6) is 0 Å². The Kier molecular flexibility index (Phi) is 62.9. The van der Waals surface area contributed by atoms with Crippen LogP contribution in [0.2, 0.25) is 10.3 Å². The molecule has 7 nitrogen and oxygen atoms in total. The molecule has 0 aromatic carbocycles. The molecule has 2 fully saturated rings. The number of fused-ring (bicyclic) bond motifs is 2. The van der Waals surface area contributed by atoms with Crippen molar-refractivity contribution in [3.05, 3.63) is 63.7 Å². The molecule has 0 aliphatic carbocycles. The molecule has 28 unspecified atom stereocenters. The van der Waals surface area contributed by atoms with Crippen LogP contribution in [0.1, 0.15) is 19.3 Å². The lowest BCUT2D eigenvalue weighted by Gasteiger charge is -2.58. The van der Waals surface area contributed by atoms with Gasteiger partial charge in [-0.25, -0.2) is 19.9 Å². The third-order valence-corrected chi connectivity index (χ3v) is 353. The number of pyridine rings is 4. The number of nitrogens with zero attached hydrogens (tertiary/aromatic N) is 5. The zero-order valence-corrected chi connectivity index (χ0v) is 99.5. The number of hydrogen-bond acceptors (Lipinski definition) is 7. The molecule has 4 aromatic rings. The van der Waals surface area contributed by atoms with Crippen LogP contribution in [0.3, 0.4) is 0 Å². The van der Waals surface area contributed by atoms with Gasteiger partial charge < -0.3 is 14.4 Å². The summed E-state index contributed by atoms with van der Waals surface area (Å²) in [5, 5.41) is 3.00. The lowest BCUT2D eigenvalue weighted by Crippen LogP contribution is -2.36. The second kappa shape index (κ2) is 54.2. The molecule has 85 heavy (non-hydrogen) atoms.